The van der Waals surface area contributed by atoms with Crippen LogP contribution in [-0.4, -0.2) is 67.4 Å². The van der Waals surface area contributed by atoms with E-state index in [0.29, 0.717) is 6.42 Å². The van der Waals surface area contributed by atoms with Crippen molar-refractivity contribution in [2.24, 2.45) is 0 Å². The molecule has 0 spiro atoms. The third kappa shape index (κ3) is 6.14. The second kappa shape index (κ2) is 5.99. The minimum atomic E-state index is -4.43. The van der Waals surface area contributed by atoms with E-state index in [9.17, 15) is 12.8 Å². The zero-order valence-corrected chi connectivity index (χ0v) is 11.0. The quantitative estimate of drug-likeness (QED) is 0.619. The van der Waals surface area contributed by atoms with E-state index in [1.54, 1.807) is 6.92 Å². The van der Waals surface area contributed by atoms with Crippen LogP contribution in [0.25, 0.3) is 0 Å². The molecule has 0 aliphatic rings. The van der Waals surface area contributed by atoms with Crippen LogP contribution in [0.5, 0.6) is 0 Å². The molecule has 0 aromatic heterocycles. The van der Waals surface area contributed by atoms with Gasteiger partial charge in [0.1, 0.15) is 0 Å². The van der Waals surface area contributed by atoms with Gasteiger partial charge in [-0.1, -0.05) is 13.3 Å². The summed E-state index contributed by atoms with van der Waals surface area (Å²) in [6.45, 7) is 1.64. The molecule has 0 radical (unpaired) electrons. The van der Waals surface area contributed by atoms with Gasteiger partial charge in [0.15, 0.2) is 0 Å². The molecular formula is C4H11BaFO3S. The molecule has 0 saturated carbocycles. The molecule has 1 unspecified atom stereocenters. The fourth-order valence-corrected chi connectivity index (χ4v) is 0.909. The van der Waals surface area contributed by atoms with Crippen molar-refractivity contribution in [3.8, 4) is 0 Å². The predicted octanol–water partition coefficient (Wildman–Crippen LogP) is 0.814. The fourth-order valence-electron chi connectivity index (χ4n) is 0.376. The van der Waals surface area contributed by atoms with Crippen LogP contribution < -0.4 is 0 Å². The summed E-state index contributed by atoms with van der Waals surface area (Å²) in [4.78, 5) is 0. The van der Waals surface area contributed by atoms with Crippen LogP contribution in [0.15, 0.2) is 0 Å². The first-order valence-electron chi connectivity index (χ1n) is 2.59. The molecule has 0 amide bonds. The molecule has 60 valence electrons. The number of hydrogen-bond acceptors (Lipinski definition) is 2. The van der Waals surface area contributed by atoms with E-state index in [4.69, 9.17) is 4.55 Å². The van der Waals surface area contributed by atoms with Gasteiger partial charge in [0, 0.05) is 0 Å². The summed E-state index contributed by atoms with van der Waals surface area (Å²) in [5, 5.41) is 0. The summed E-state index contributed by atoms with van der Waals surface area (Å²) in [6, 6.07) is 0. The van der Waals surface area contributed by atoms with Crippen molar-refractivity contribution in [1.29, 1.82) is 0 Å². The molecule has 0 heterocycles. The van der Waals surface area contributed by atoms with Crippen molar-refractivity contribution in [3.05, 3.63) is 0 Å². The van der Waals surface area contributed by atoms with Crippen molar-refractivity contribution in [3.63, 3.8) is 0 Å². The van der Waals surface area contributed by atoms with E-state index < -0.39 is 15.6 Å². The summed E-state index contributed by atoms with van der Waals surface area (Å²) in [5.74, 6) is 0. The van der Waals surface area contributed by atoms with E-state index in [1.165, 1.54) is 0 Å². The van der Waals surface area contributed by atoms with Crippen LogP contribution >= 0.6 is 0 Å². The van der Waals surface area contributed by atoms with Crippen molar-refractivity contribution < 1.29 is 20.2 Å². The molecule has 1 N–H and O–H groups in total. The molecule has 6 heteroatoms. The Bertz CT molecular complexity index is 175. The van der Waals surface area contributed by atoms with Gasteiger partial charge in [-0.2, -0.15) is 8.42 Å². The molecule has 0 rings (SSSR count). The third-order valence-corrected chi connectivity index (χ3v) is 1.72. The van der Waals surface area contributed by atoms with Gasteiger partial charge in [-0.05, 0) is 6.42 Å². The molecular weight excluding hydrogens is 284 g/mol. The summed E-state index contributed by atoms with van der Waals surface area (Å²) >= 11 is 0. The maximum atomic E-state index is 12.1. The molecule has 10 heavy (non-hydrogen) atoms. The monoisotopic (exact) mass is 296 g/mol. The minimum Gasteiger partial charge on any atom is -1.00 e. The Morgan fingerprint density at radius 2 is 2.10 bits per heavy atom. The van der Waals surface area contributed by atoms with E-state index >= 15 is 0 Å². The normalized spacial score (nSPS) is 13.9. The van der Waals surface area contributed by atoms with Crippen LogP contribution in [-0.2, 0) is 10.1 Å². The smallest absolute Gasteiger partial charge is 1.00 e. The maximum Gasteiger partial charge on any atom is 2.00 e. The number of alkyl halides is 1. The van der Waals surface area contributed by atoms with Gasteiger partial charge in [0.05, 0.1) is 0 Å². The molecule has 0 aliphatic carbocycles. The first-order chi connectivity index (χ1) is 3.98. The predicted molar refractivity (Wildman–Crippen MR) is 39.3 cm³/mol. The zero-order chi connectivity index (χ0) is 7.49. The third-order valence-electron chi connectivity index (χ3n) is 0.839. The molecule has 0 saturated heterocycles. The van der Waals surface area contributed by atoms with E-state index in [2.05, 4.69) is 0 Å². The summed E-state index contributed by atoms with van der Waals surface area (Å²) in [5.41, 5.74) is -2.11. The van der Waals surface area contributed by atoms with Crippen LogP contribution in [0.4, 0.5) is 4.39 Å². The maximum absolute atomic E-state index is 12.1. The van der Waals surface area contributed by atoms with Gasteiger partial charge in [-0.3, -0.25) is 4.55 Å². The molecule has 0 fully saturated rings. The van der Waals surface area contributed by atoms with Gasteiger partial charge < -0.3 is 2.85 Å². The fraction of sp³-hybridized carbons (Fsp3) is 1.00. The number of halogens is 1. The van der Waals surface area contributed by atoms with Gasteiger partial charge >= 0.3 is 48.9 Å². The van der Waals surface area contributed by atoms with Gasteiger partial charge in [-0.15, -0.1) is 0 Å². The van der Waals surface area contributed by atoms with Gasteiger partial charge in [0.25, 0.3) is 10.1 Å². The van der Waals surface area contributed by atoms with E-state index in [-0.39, 0.29) is 58.2 Å². The van der Waals surface area contributed by atoms with Crippen LogP contribution in [0.3, 0.4) is 0 Å². The average Bonchev–Trinajstić information content (AvgIpc) is 1.64. The SMILES string of the molecule is CCCC(F)S(=O)(=O)O.[Ba+2].[H-].[H-]. The van der Waals surface area contributed by atoms with Gasteiger partial charge in [0.2, 0.25) is 5.50 Å². The molecule has 3 nitrogen and oxygen atoms in total. The molecule has 0 bridgehead atoms. The van der Waals surface area contributed by atoms with Crippen molar-refractivity contribution >= 4 is 59.0 Å². The summed E-state index contributed by atoms with van der Waals surface area (Å²) in [7, 11) is -4.43. The topological polar surface area (TPSA) is 54.4 Å². The Labute approximate surface area is 103 Å². The molecule has 0 aliphatic heterocycles. The van der Waals surface area contributed by atoms with E-state index in [1.807, 2.05) is 0 Å². The first kappa shape index (κ1) is 14.0. The van der Waals surface area contributed by atoms with Crippen molar-refractivity contribution in [2.75, 3.05) is 0 Å². The Balaban J connectivity index is -0.000000107. The molecule has 0 aromatic carbocycles. The minimum absolute atomic E-state index is 0. The van der Waals surface area contributed by atoms with Crippen molar-refractivity contribution in [1.82, 2.24) is 0 Å². The van der Waals surface area contributed by atoms with Crippen LogP contribution in [0, 0.1) is 0 Å². The van der Waals surface area contributed by atoms with E-state index in [0.717, 1.165) is 0 Å². The Hall–Kier alpha value is 1.41. The van der Waals surface area contributed by atoms with Gasteiger partial charge in [-0.25, -0.2) is 4.39 Å². The Morgan fingerprint density at radius 3 is 2.20 bits per heavy atom. The zero-order valence-electron chi connectivity index (χ0n) is 7.75. The molecule has 1 atom stereocenters. The first-order valence-corrected chi connectivity index (χ1v) is 4.09. The Kier molecular flexibility index (Phi) is 8.36. The van der Waals surface area contributed by atoms with Crippen LogP contribution in [0.1, 0.15) is 22.6 Å². The van der Waals surface area contributed by atoms with Crippen molar-refractivity contribution in [2.45, 2.75) is 25.3 Å². The summed E-state index contributed by atoms with van der Waals surface area (Å²) in [6.07, 6.45) is 0.264. The standard InChI is InChI=1S/C4H9FO3S.Ba.2H/c1-2-3-4(5)9(6,7)8;;;/h4H,2-3H2,1H3,(H,6,7,8);;;/q;+2;2*-1. The number of hydrogen-bond donors (Lipinski definition) is 1. The average molecular weight is 296 g/mol. The summed E-state index contributed by atoms with van der Waals surface area (Å²) < 4.78 is 39.9. The number of rotatable bonds is 3. The Morgan fingerprint density at radius 1 is 1.70 bits per heavy atom. The second-order valence-corrected chi connectivity index (χ2v) is 3.26. The second-order valence-electron chi connectivity index (χ2n) is 1.71. The van der Waals surface area contributed by atoms with Crippen LogP contribution in [0.2, 0.25) is 0 Å². The largest absolute Gasteiger partial charge is 2.00 e. The molecule has 0 aromatic rings.